The normalized spacial score (nSPS) is 17.4. The zero-order valence-corrected chi connectivity index (χ0v) is 12.6. The molecule has 0 amide bonds. The van der Waals surface area contributed by atoms with E-state index in [0.717, 1.165) is 19.5 Å². The quantitative estimate of drug-likeness (QED) is 0.489. The lowest BCUT2D eigenvalue weighted by molar-refractivity contribution is -0.697. The minimum Gasteiger partial charge on any atom is -0.396 e. The first-order valence-electron chi connectivity index (χ1n) is 7.87. The molecule has 1 atom stereocenters. The minimum absolute atomic E-state index is 0.186. The first-order chi connectivity index (χ1) is 10.3. The number of aryl methyl sites for hydroxylation is 1. The summed E-state index contributed by atoms with van der Waals surface area (Å²) in [5, 5.41) is 17.8. The van der Waals surface area contributed by atoms with E-state index >= 15 is 0 Å². The van der Waals surface area contributed by atoms with Gasteiger partial charge in [-0.3, -0.25) is 0 Å². The summed E-state index contributed by atoms with van der Waals surface area (Å²) in [6.07, 6.45) is 17.0. The Morgan fingerprint density at radius 2 is 1.90 bits per heavy atom. The Morgan fingerprint density at radius 3 is 2.71 bits per heavy atom. The molecule has 0 spiro atoms. The Morgan fingerprint density at radius 1 is 1.05 bits per heavy atom. The largest absolute Gasteiger partial charge is 0.396 e. The zero-order valence-electron chi connectivity index (χ0n) is 12.6. The van der Waals surface area contributed by atoms with Crippen molar-refractivity contribution in [2.45, 2.75) is 38.8 Å². The molecule has 0 bridgehead atoms. The molecule has 0 saturated carbocycles. The van der Waals surface area contributed by atoms with Crippen LogP contribution in [-0.4, -0.2) is 45.3 Å². The van der Waals surface area contributed by atoms with Crippen molar-refractivity contribution in [2.24, 2.45) is 5.92 Å². The molecule has 5 heteroatoms. The van der Waals surface area contributed by atoms with Crippen LogP contribution in [0.5, 0.6) is 0 Å². The van der Waals surface area contributed by atoms with Crippen LogP contribution in [0.25, 0.3) is 0 Å². The number of nitrogens with zero attached hydrogens (tertiary/aromatic N) is 3. The molecule has 1 aromatic rings. The van der Waals surface area contributed by atoms with E-state index in [1.165, 1.54) is 19.3 Å². The van der Waals surface area contributed by atoms with Gasteiger partial charge in [-0.2, -0.15) is 0 Å². The van der Waals surface area contributed by atoms with E-state index in [1.807, 2.05) is 17.1 Å². The summed E-state index contributed by atoms with van der Waals surface area (Å²) in [6.45, 7) is 3.21. The topological polar surface area (TPSA) is 52.3 Å². The van der Waals surface area contributed by atoms with Gasteiger partial charge in [0, 0.05) is 13.0 Å². The van der Waals surface area contributed by atoms with E-state index in [9.17, 15) is 0 Å². The Labute approximate surface area is 126 Å². The summed E-state index contributed by atoms with van der Waals surface area (Å²) in [6, 6.07) is 0. The van der Waals surface area contributed by atoms with Gasteiger partial charge in [0.25, 0.3) is 0 Å². The lowest BCUT2D eigenvalue weighted by Crippen LogP contribution is -2.31. The van der Waals surface area contributed by atoms with Gasteiger partial charge in [0.2, 0.25) is 6.33 Å². The van der Waals surface area contributed by atoms with Crippen molar-refractivity contribution in [3.05, 3.63) is 31.0 Å². The maximum Gasteiger partial charge on any atom is 0.243 e. The molecule has 116 valence electrons. The van der Waals surface area contributed by atoms with Crippen LogP contribution in [0, 0.1) is 5.92 Å². The van der Waals surface area contributed by atoms with Crippen LogP contribution in [0.1, 0.15) is 25.7 Å². The SMILES string of the molecule is OCCC1C=C[N+](CCCCC[n+]2ccn(CCO)c2)=C1. The molecular formula is C16H27N3O2+2. The van der Waals surface area contributed by atoms with E-state index in [0.29, 0.717) is 12.5 Å². The monoisotopic (exact) mass is 293 g/mol. The minimum atomic E-state index is 0.186. The van der Waals surface area contributed by atoms with Crippen LogP contribution >= 0.6 is 0 Å². The van der Waals surface area contributed by atoms with Crippen LogP contribution in [0.15, 0.2) is 31.0 Å². The predicted molar refractivity (Wildman–Crippen MR) is 81.1 cm³/mol. The molecule has 1 unspecified atom stereocenters. The van der Waals surface area contributed by atoms with Crippen molar-refractivity contribution < 1.29 is 19.4 Å². The second-order valence-corrected chi connectivity index (χ2v) is 5.58. The number of rotatable bonds is 10. The molecule has 5 nitrogen and oxygen atoms in total. The Bertz CT molecular complexity index is 480. The number of allylic oxidation sites excluding steroid dienone is 1. The second kappa shape index (κ2) is 8.74. The number of hydrogen-bond acceptors (Lipinski definition) is 2. The van der Waals surface area contributed by atoms with Gasteiger partial charge in [0.1, 0.15) is 25.5 Å². The molecule has 0 fully saturated rings. The second-order valence-electron chi connectivity index (χ2n) is 5.58. The molecule has 1 aromatic heterocycles. The third-order valence-corrected chi connectivity index (χ3v) is 3.81. The first kappa shape index (κ1) is 15.9. The number of aromatic nitrogens is 2. The number of aliphatic hydroxyl groups is 2. The van der Waals surface area contributed by atoms with Gasteiger partial charge in [0.15, 0.2) is 12.4 Å². The molecule has 21 heavy (non-hydrogen) atoms. The van der Waals surface area contributed by atoms with Gasteiger partial charge >= 0.3 is 0 Å². The van der Waals surface area contributed by atoms with Gasteiger partial charge in [0.05, 0.1) is 19.1 Å². The molecule has 0 saturated heterocycles. The van der Waals surface area contributed by atoms with E-state index < -0.39 is 0 Å². The lowest BCUT2D eigenvalue weighted by atomic mass is 10.1. The fraction of sp³-hybridized carbons (Fsp3) is 0.625. The Balaban J connectivity index is 1.58. The molecule has 1 aliphatic rings. The van der Waals surface area contributed by atoms with Crippen LogP contribution in [0.4, 0.5) is 0 Å². The number of aliphatic hydroxyl groups excluding tert-OH is 2. The fourth-order valence-electron chi connectivity index (χ4n) is 2.62. The van der Waals surface area contributed by atoms with E-state index in [2.05, 4.69) is 33.8 Å². The van der Waals surface area contributed by atoms with Crippen molar-refractivity contribution in [3.63, 3.8) is 0 Å². The van der Waals surface area contributed by atoms with Crippen molar-refractivity contribution in [1.29, 1.82) is 0 Å². The highest BCUT2D eigenvalue weighted by molar-refractivity contribution is 5.60. The molecule has 0 aliphatic carbocycles. The molecule has 1 aliphatic heterocycles. The smallest absolute Gasteiger partial charge is 0.243 e. The summed E-state index contributed by atoms with van der Waals surface area (Å²) in [4.78, 5) is 0. The standard InChI is InChI=1S/C16H27N3O2/c20-12-5-16-4-8-17(14-16)6-2-1-3-7-18-9-10-19(15-18)11-13-21/h4,8-10,14-16,20-21H,1-3,5-7,11-13H2/q+2. The van der Waals surface area contributed by atoms with Gasteiger partial charge < -0.3 is 10.2 Å². The van der Waals surface area contributed by atoms with Gasteiger partial charge in [-0.1, -0.05) is 0 Å². The highest BCUT2D eigenvalue weighted by atomic mass is 16.3. The van der Waals surface area contributed by atoms with E-state index in [1.54, 1.807) is 0 Å². The molecule has 2 rings (SSSR count). The third kappa shape index (κ3) is 5.44. The Hall–Kier alpha value is -1.46. The highest BCUT2D eigenvalue weighted by Crippen LogP contribution is 2.08. The molecule has 0 aromatic carbocycles. The molecule has 2 heterocycles. The lowest BCUT2D eigenvalue weighted by Gasteiger charge is -1.98. The summed E-state index contributed by atoms with van der Waals surface area (Å²) < 4.78 is 6.42. The predicted octanol–water partition coefficient (Wildman–Crippen LogP) is 0.547. The summed E-state index contributed by atoms with van der Waals surface area (Å²) in [7, 11) is 0. The van der Waals surface area contributed by atoms with Crippen molar-refractivity contribution in [3.8, 4) is 0 Å². The van der Waals surface area contributed by atoms with Crippen molar-refractivity contribution in [2.75, 3.05) is 19.8 Å². The summed E-state index contributed by atoms with van der Waals surface area (Å²) in [5.41, 5.74) is 0. The highest BCUT2D eigenvalue weighted by Gasteiger charge is 2.15. The zero-order chi connectivity index (χ0) is 14.9. The van der Waals surface area contributed by atoms with Crippen LogP contribution in [0.2, 0.25) is 0 Å². The van der Waals surface area contributed by atoms with Gasteiger partial charge in [-0.05, 0) is 25.3 Å². The van der Waals surface area contributed by atoms with Gasteiger partial charge in [-0.15, -0.1) is 0 Å². The maximum atomic E-state index is 8.91. The van der Waals surface area contributed by atoms with Crippen LogP contribution in [-0.2, 0) is 13.1 Å². The first-order valence-corrected chi connectivity index (χ1v) is 7.87. The van der Waals surface area contributed by atoms with Crippen LogP contribution < -0.4 is 4.57 Å². The summed E-state index contributed by atoms with van der Waals surface area (Å²) in [5.74, 6) is 0.414. The third-order valence-electron chi connectivity index (χ3n) is 3.81. The fourth-order valence-corrected chi connectivity index (χ4v) is 2.62. The van der Waals surface area contributed by atoms with Crippen molar-refractivity contribution in [1.82, 2.24) is 4.57 Å². The average molecular weight is 293 g/mol. The molecular weight excluding hydrogens is 266 g/mol. The number of hydrogen-bond donors (Lipinski definition) is 2. The molecule has 0 radical (unpaired) electrons. The van der Waals surface area contributed by atoms with E-state index in [-0.39, 0.29) is 13.2 Å². The Kier molecular flexibility index (Phi) is 6.63. The molecule has 2 N–H and O–H groups in total. The number of imidazole rings is 1. The van der Waals surface area contributed by atoms with Crippen molar-refractivity contribution >= 4 is 6.21 Å². The summed E-state index contributed by atoms with van der Waals surface area (Å²) >= 11 is 0. The maximum absolute atomic E-state index is 8.91. The van der Waals surface area contributed by atoms with Gasteiger partial charge in [-0.25, -0.2) is 13.7 Å². The van der Waals surface area contributed by atoms with E-state index in [4.69, 9.17) is 10.2 Å². The van der Waals surface area contributed by atoms with Crippen LogP contribution in [0.3, 0.4) is 0 Å². The average Bonchev–Trinajstić information content (AvgIpc) is 3.09. The number of unbranched alkanes of at least 4 members (excludes halogenated alkanes) is 2.